The lowest BCUT2D eigenvalue weighted by Gasteiger charge is -2.31. The van der Waals surface area contributed by atoms with Crippen molar-refractivity contribution in [1.82, 2.24) is 10.3 Å². The Bertz CT molecular complexity index is 649. The molecular weight excluding hydrogens is 315 g/mol. The normalized spacial score (nSPS) is 22.3. The number of nitrogens with one attached hydrogen (secondary N) is 2. The zero-order valence-electron chi connectivity index (χ0n) is 9.91. The van der Waals surface area contributed by atoms with Crippen LogP contribution in [0.2, 0.25) is 0 Å². The van der Waals surface area contributed by atoms with Gasteiger partial charge >= 0.3 is 0 Å². The summed E-state index contributed by atoms with van der Waals surface area (Å²) in [6, 6.07) is 4.81. The molecule has 1 amide bonds. The van der Waals surface area contributed by atoms with Crippen molar-refractivity contribution in [3.63, 3.8) is 0 Å². The lowest BCUT2D eigenvalue weighted by atomic mass is 9.89. The topological polar surface area (TPSA) is 65.1 Å². The average Bonchev–Trinajstić information content (AvgIpc) is 2.77. The number of H-pyrrole nitrogens is 1. The van der Waals surface area contributed by atoms with Gasteiger partial charge in [-0.15, -0.1) is 0 Å². The van der Waals surface area contributed by atoms with Crippen LogP contribution < -0.4 is 5.32 Å². The predicted molar refractivity (Wildman–Crippen MR) is 72.5 cm³/mol. The maximum Gasteiger partial charge on any atom is 0.267 e. The Hall–Kier alpha value is -1.40. The van der Waals surface area contributed by atoms with Gasteiger partial charge in [0.25, 0.3) is 5.91 Å². The van der Waals surface area contributed by atoms with E-state index in [4.69, 9.17) is 5.11 Å². The van der Waals surface area contributed by atoms with Crippen molar-refractivity contribution in [3.8, 4) is 0 Å². The number of rotatable bonds is 2. The summed E-state index contributed by atoms with van der Waals surface area (Å²) in [4.78, 5) is 14.9. The largest absolute Gasteiger partial charge is 0.393 e. The number of carbonyl (C=O) groups is 1. The Morgan fingerprint density at radius 2 is 2.21 bits per heavy atom. The molecule has 0 saturated heterocycles. The minimum Gasteiger partial charge on any atom is -0.393 e. The van der Waals surface area contributed by atoms with Gasteiger partial charge in [-0.25, -0.2) is 4.39 Å². The minimum atomic E-state index is -0.383. The third-order valence-corrected chi connectivity index (χ3v) is 4.00. The number of hydrogen-bond acceptors (Lipinski definition) is 2. The second kappa shape index (κ2) is 4.61. The molecule has 1 aromatic heterocycles. The molecule has 100 valence electrons. The van der Waals surface area contributed by atoms with Crippen LogP contribution in [0.4, 0.5) is 4.39 Å². The SMILES string of the molecule is O=C(NC1CC(O)C1)c1cc2c(F)c(Br)ccc2[nH]1. The summed E-state index contributed by atoms with van der Waals surface area (Å²) in [7, 11) is 0. The molecule has 1 saturated carbocycles. The van der Waals surface area contributed by atoms with Gasteiger partial charge in [0.15, 0.2) is 0 Å². The highest BCUT2D eigenvalue weighted by Gasteiger charge is 2.29. The summed E-state index contributed by atoms with van der Waals surface area (Å²) >= 11 is 3.11. The first kappa shape index (κ1) is 12.6. The molecule has 2 aromatic rings. The zero-order valence-corrected chi connectivity index (χ0v) is 11.5. The van der Waals surface area contributed by atoms with Crippen LogP contribution in [0.15, 0.2) is 22.7 Å². The highest BCUT2D eigenvalue weighted by atomic mass is 79.9. The van der Waals surface area contributed by atoms with Gasteiger partial charge in [0, 0.05) is 16.9 Å². The van der Waals surface area contributed by atoms with E-state index in [1.807, 2.05) is 0 Å². The van der Waals surface area contributed by atoms with Crippen molar-refractivity contribution in [2.45, 2.75) is 25.0 Å². The highest BCUT2D eigenvalue weighted by molar-refractivity contribution is 9.10. The first-order valence-electron chi connectivity index (χ1n) is 6.00. The number of carbonyl (C=O) groups excluding carboxylic acids is 1. The monoisotopic (exact) mass is 326 g/mol. The standard InChI is InChI=1S/C13H12BrFN2O2/c14-9-1-2-10-8(12(9)15)5-11(17-10)13(19)16-6-3-7(18)4-6/h1-2,5-7,17-18H,3-4H2,(H,16,19). The van der Waals surface area contributed by atoms with Gasteiger partial charge in [-0.05, 0) is 47.0 Å². The van der Waals surface area contributed by atoms with Gasteiger partial charge < -0.3 is 15.4 Å². The van der Waals surface area contributed by atoms with Crippen LogP contribution in [0.25, 0.3) is 10.9 Å². The fraction of sp³-hybridized carbons (Fsp3) is 0.308. The van der Waals surface area contributed by atoms with Gasteiger partial charge in [0.2, 0.25) is 0 Å². The van der Waals surface area contributed by atoms with Crippen LogP contribution in [-0.4, -0.2) is 28.1 Å². The Morgan fingerprint density at radius 3 is 2.89 bits per heavy atom. The quantitative estimate of drug-likeness (QED) is 0.793. The molecule has 1 fully saturated rings. The van der Waals surface area contributed by atoms with E-state index in [1.165, 1.54) is 6.07 Å². The van der Waals surface area contributed by atoms with Gasteiger partial charge in [-0.2, -0.15) is 0 Å². The highest BCUT2D eigenvalue weighted by Crippen LogP contribution is 2.26. The third kappa shape index (κ3) is 2.26. The molecule has 0 atom stereocenters. The van der Waals surface area contributed by atoms with Crippen LogP contribution in [0.5, 0.6) is 0 Å². The molecule has 1 aliphatic rings. The number of amides is 1. The van der Waals surface area contributed by atoms with Crippen LogP contribution in [0.1, 0.15) is 23.3 Å². The molecule has 6 heteroatoms. The number of hydrogen-bond donors (Lipinski definition) is 3. The summed E-state index contributed by atoms with van der Waals surface area (Å²) < 4.78 is 14.2. The molecule has 1 aromatic carbocycles. The summed E-state index contributed by atoms with van der Waals surface area (Å²) in [5.41, 5.74) is 0.910. The number of aliphatic hydroxyl groups is 1. The molecule has 0 unspecified atom stereocenters. The lowest BCUT2D eigenvalue weighted by Crippen LogP contribution is -2.46. The van der Waals surface area contributed by atoms with E-state index in [2.05, 4.69) is 26.2 Å². The summed E-state index contributed by atoms with van der Waals surface area (Å²) in [5.74, 6) is -0.657. The zero-order chi connectivity index (χ0) is 13.6. The second-order valence-corrected chi connectivity index (χ2v) is 5.66. The van der Waals surface area contributed by atoms with Crippen LogP contribution >= 0.6 is 15.9 Å². The second-order valence-electron chi connectivity index (χ2n) is 4.80. The van der Waals surface area contributed by atoms with Gasteiger partial charge in [0.05, 0.1) is 10.6 Å². The molecule has 1 aliphatic carbocycles. The van der Waals surface area contributed by atoms with Crippen molar-refractivity contribution in [2.75, 3.05) is 0 Å². The number of halogens is 2. The molecule has 1 heterocycles. The van der Waals surface area contributed by atoms with Crippen LogP contribution in [0.3, 0.4) is 0 Å². The van der Waals surface area contributed by atoms with Crippen molar-refractivity contribution in [2.24, 2.45) is 0 Å². The summed E-state index contributed by atoms with van der Waals surface area (Å²) in [6.45, 7) is 0. The average molecular weight is 327 g/mol. The maximum absolute atomic E-state index is 13.8. The van der Waals surface area contributed by atoms with Crippen LogP contribution in [0, 0.1) is 5.82 Å². The van der Waals surface area contributed by atoms with E-state index in [1.54, 1.807) is 12.1 Å². The molecular formula is C13H12BrFN2O2. The van der Waals surface area contributed by atoms with Crippen LogP contribution in [-0.2, 0) is 0 Å². The molecule has 4 nitrogen and oxygen atoms in total. The first-order chi connectivity index (χ1) is 9.04. The number of benzene rings is 1. The molecule has 0 aliphatic heterocycles. The maximum atomic E-state index is 13.8. The van der Waals surface area contributed by atoms with Crippen molar-refractivity contribution in [1.29, 1.82) is 0 Å². The van der Waals surface area contributed by atoms with E-state index in [0.29, 0.717) is 33.9 Å². The first-order valence-corrected chi connectivity index (χ1v) is 6.79. The number of aliphatic hydroxyl groups excluding tert-OH is 1. The van der Waals surface area contributed by atoms with E-state index in [0.717, 1.165) is 0 Å². The molecule has 3 rings (SSSR count). The fourth-order valence-corrected chi connectivity index (χ4v) is 2.58. The molecule has 0 spiro atoms. The van der Waals surface area contributed by atoms with Gasteiger partial charge in [-0.1, -0.05) is 0 Å². The predicted octanol–water partition coefficient (Wildman–Crippen LogP) is 2.32. The lowest BCUT2D eigenvalue weighted by molar-refractivity contribution is 0.0561. The molecule has 3 N–H and O–H groups in total. The third-order valence-electron chi connectivity index (χ3n) is 3.38. The molecule has 19 heavy (non-hydrogen) atoms. The number of fused-ring (bicyclic) bond motifs is 1. The fourth-order valence-electron chi connectivity index (χ4n) is 2.23. The molecule has 0 bridgehead atoms. The molecule has 0 radical (unpaired) electrons. The van der Waals surface area contributed by atoms with E-state index in [-0.39, 0.29) is 23.9 Å². The van der Waals surface area contributed by atoms with E-state index in [9.17, 15) is 9.18 Å². The van der Waals surface area contributed by atoms with Crippen molar-refractivity contribution >= 4 is 32.7 Å². The van der Waals surface area contributed by atoms with E-state index >= 15 is 0 Å². The smallest absolute Gasteiger partial charge is 0.267 e. The summed E-state index contributed by atoms with van der Waals surface area (Å²) in [5, 5.41) is 12.3. The summed E-state index contributed by atoms with van der Waals surface area (Å²) in [6.07, 6.45) is 0.832. The Morgan fingerprint density at radius 1 is 1.47 bits per heavy atom. The van der Waals surface area contributed by atoms with Gasteiger partial charge in [0.1, 0.15) is 11.5 Å². The van der Waals surface area contributed by atoms with Gasteiger partial charge in [-0.3, -0.25) is 4.79 Å². The van der Waals surface area contributed by atoms with Crippen molar-refractivity contribution in [3.05, 3.63) is 34.2 Å². The van der Waals surface area contributed by atoms with E-state index < -0.39 is 0 Å². The number of aromatic amines is 1. The minimum absolute atomic E-state index is 0.00509. The Labute approximate surface area is 117 Å². The Kier molecular flexibility index (Phi) is 3.06. The van der Waals surface area contributed by atoms with Crippen molar-refractivity contribution < 1.29 is 14.3 Å². The number of aromatic nitrogens is 1. The Balaban J connectivity index is 1.85.